The van der Waals surface area contributed by atoms with E-state index >= 15 is 0 Å². The normalized spacial score (nSPS) is 13.2. The molecule has 2 heteroatoms. The summed E-state index contributed by atoms with van der Waals surface area (Å²) in [4.78, 5) is 10.4. The Bertz CT molecular complexity index is 88.9. The molecule has 0 unspecified atom stereocenters. The highest BCUT2D eigenvalue weighted by atomic mass is 16.3. The molecule has 0 aromatic rings. The van der Waals surface area contributed by atoms with Crippen molar-refractivity contribution in [1.82, 2.24) is 0 Å². The molecule has 0 fully saturated rings. The van der Waals surface area contributed by atoms with E-state index in [1.54, 1.807) is 0 Å². The third-order valence-electron chi connectivity index (χ3n) is 1.30. The third-order valence-corrected chi connectivity index (χ3v) is 1.30. The average Bonchev–Trinajstić information content (AvgIpc) is 1.82. The van der Waals surface area contributed by atoms with E-state index in [1.807, 2.05) is 6.92 Å². The highest BCUT2D eigenvalue weighted by molar-refractivity contribution is 5.79. The Morgan fingerprint density at radius 3 is 2.56 bits per heavy atom. The van der Waals surface area contributed by atoms with Crippen LogP contribution in [0.25, 0.3) is 0 Å². The topological polar surface area (TPSA) is 37.3 Å². The molecule has 0 aromatic heterocycles. The maximum absolute atomic E-state index is 10.4. The Morgan fingerprint density at radius 1 is 1.67 bits per heavy atom. The largest absolute Gasteiger partial charge is 0.385 e. The van der Waals surface area contributed by atoms with Gasteiger partial charge in [0, 0.05) is 0 Å². The lowest BCUT2D eigenvalue weighted by molar-refractivity contribution is -0.125. The highest BCUT2D eigenvalue weighted by Crippen LogP contribution is 1.99. The van der Waals surface area contributed by atoms with E-state index in [9.17, 15) is 4.79 Å². The zero-order valence-electron chi connectivity index (χ0n) is 6.05. The number of aliphatic hydroxyl groups excluding tert-OH is 1. The molecule has 54 valence electrons. The number of ketones is 1. The fraction of sp³-hybridized carbons (Fsp3) is 0.857. The summed E-state index contributed by atoms with van der Waals surface area (Å²) >= 11 is 0. The standard InChI is InChI=1S/C7H14O2/c1-3-4-5-7(9)6(2)8/h7,9H,3-5H2,1-2H3/t7-/m1/s1. The molecule has 0 saturated heterocycles. The van der Waals surface area contributed by atoms with Gasteiger partial charge in [-0.25, -0.2) is 0 Å². The zero-order valence-corrected chi connectivity index (χ0v) is 6.05. The summed E-state index contributed by atoms with van der Waals surface area (Å²) in [6.07, 6.45) is 1.86. The maximum Gasteiger partial charge on any atom is 0.158 e. The number of carbonyl (C=O) groups excluding carboxylic acids is 1. The van der Waals surface area contributed by atoms with Gasteiger partial charge in [-0.15, -0.1) is 0 Å². The van der Waals surface area contributed by atoms with E-state index < -0.39 is 6.10 Å². The third kappa shape index (κ3) is 4.15. The van der Waals surface area contributed by atoms with Crippen molar-refractivity contribution in [2.24, 2.45) is 0 Å². The Labute approximate surface area is 55.9 Å². The number of hydrogen-bond acceptors (Lipinski definition) is 2. The van der Waals surface area contributed by atoms with Crippen LogP contribution in [0.2, 0.25) is 0 Å². The molecule has 0 aliphatic carbocycles. The Balaban J connectivity index is 3.27. The number of unbranched alkanes of at least 4 members (excludes halogenated alkanes) is 1. The first kappa shape index (κ1) is 8.63. The molecule has 0 heterocycles. The molecule has 0 saturated carbocycles. The van der Waals surface area contributed by atoms with Gasteiger partial charge in [-0.3, -0.25) is 4.79 Å². The van der Waals surface area contributed by atoms with Crippen LogP contribution in [0, 0.1) is 0 Å². The fourth-order valence-corrected chi connectivity index (χ4v) is 0.601. The van der Waals surface area contributed by atoms with E-state index in [0.29, 0.717) is 6.42 Å². The van der Waals surface area contributed by atoms with Gasteiger partial charge in [-0.2, -0.15) is 0 Å². The first-order valence-corrected chi connectivity index (χ1v) is 3.37. The van der Waals surface area contributed by atoms with Crippen molar-refractivity contribution in [3.05, 3.63) is 0 Å². The molecule has 1 N–H and O–H groups in total. The second-order valence-corrected chi connectivity index (χ2v) is 2.27. The fourth-order valence-electron chi connectivity index (χ4n) is 0.601. The summed E-state index contributed by atoms with van der Waals surface area (Å²) in [6.45, 7) is 3.45. The summed E-state index contributed by atoms with van der Waals surface area (Å²) < 4.78 is 0. The van der Waals surface area contributed by atoms with Crippen LogP contribution in [0.15, 0.2) is 0 Å². The molecular formula is C7H14O2. The van der Waals surface area contributed by atoms with Crippen LogP contribution in [0.4, 0.5) is 0 Å². The minimum absolute atomic E-state index is 0.122. The lowest BCUT2D eigenvalue weighted by atomic mass is 10.1. The molecule has 9 heavy (non-hydrogen) atoms. The Morgan fingerprint density at radius 2 is 2.22 bits per heavy atom. The van der Waals surface area contributed by atoms with Gasteiger partial charge >= 0.3 is 0 Å². The van der Waals surface area contributed by atoms with E-state index in [2.05, 4.69) is 0 Å². The van der Waals surface area contributed by atoms with Gasteiger partial charge in [0.2, 0.25) is 0 Å². The van der Waals surface area contributed by atoms with Crippen molar-refractivity contribution in [2.75, 3.05) is 0 Å². The number of aliphatic hydroxyl groups is 1. The van der Waals surface area contributed by atoms with Crippen molar-refractivity contribution in [1.29, 1.82) is 0 Å². The van der Waals surface area contributed by atoms with Crippen LogP contribution in [0.1, 0.15) is 33.1 Å². The summed E-state index contributed by atoms with van der Waals surface area (Å²) in [7, 11) is 0. The zero-order chi connectivity index (χ0) is 7.28. The molecule has 0 rings (SSSR count). The maximum atomic E-state index is 10.4. The van der Waals surface area contributed by atoms with Crippen molar-refractivity contribution in [2.45, 2.75) is 39.2 Å². The van der Waals surface area contributed by atoms with Gasteiger partial charge in [0.05, 0.1) is 0 Å². The average molecular weight is 130 g/mol. The van der Waals surface area contributed by atoms with Gasteiger partial charge in [-0.05, 0) is 13.3 Å². The predicted octanol–water partition coefficient (Wildman–Crippen LogP) is 1.13. The van der Waals surface area contributed by atoms with Gasteiger partial charge in [0.25, 0.3) is 0 Å². The minimum atomic E-state index is -0.718. The molecule has 0 radical (unpaired) electrons. The van der Waals surface area contributed by atoms with Gasteiger partial charge in [-0.1, -0.05) is 19.8 Å². The number of carbonyl (C=O) groups is 1. The van der Waals surface area contributed by atoms with Crippen molar-refractivity contribution < 1.29 is 9.90 Å². The van der Waals surface area contributed by atoms with Crippen molar-refractivity contribution in [3.8, 4) is 0 Å². The van der Waals surface area contributed by atoms with Gasteiger partial charge < -0.3 is 5.11 Å². The lowest BCUT2D eigenvalue weighted by Crippen LogP contribution is -2.15. The summed E-state index contributed by atoms with van der Waals surface area (Å²) in [5.74, 6) is -0.122. The van der Waals surface area contributed by atoms with Crippen LogP contribution in [-0.2, 0) is 4.79 Å². The van der Waals surface area contributed by atoms with Gasteiger partial charge in [0.1, 0.15) is 6.10 Å². The Kier molecular flexibility index (Phi) is 4.32. The first-order chi connectivity index (χ1) is 4.18. The quantitative estimate of drug-likeness (QED) is 0.619. The molecule has 0 spiro atoms. The number of hydrogen-bond donors (Lipinski definition) is 1. The minimum Gasteiger partial charge on any atom is -0.385 e. The second kappa shape index (κ2) is 4.50. The summed E-state index contributed by atoms with van der Waals surface area (Å²) in [5.41, 5.74) is 0. The van der Waals surface area contributed by atoms with Gasteiger partial charge in [0.15, 0.2) is 5.78 Å². The molecule has 0 amide bonds. The monoisotopic (exact) mass is 130 g/mol. The summed E-state index contributed by atoms with van der Waals surface area (Å²) in [5, 5.41) is 8.91. The predicted molar refractivity (Wildman–Crippen MR) is 36.2 cm³/mol. The molecule has 1 atom stereocenters. The molecule has 0 aliphatic rings. The lowest BCUT2D eigenvalue weighted by Gasteiger charge is -2.02. The number of Topliss-reactive ketones (excluding diaryl/α,β-unsaturated/α-hetero) is 1. The van der Waals surface area contributed by atoms with E-state index in [0.717, 1.165) is 12.8 Å². The first-order valence-electron chi connectivity index (χ1n) is 3.37. The Hall–Kier alpha value is -0.370. The van der Waals surface area contributed by atoms with E-state index in [-0.39, 0.29) is 5.78 Å². The molecular weight excluding hydrogens is 116 g/mol. The van der Waals surface area contributed by atoms with Crippen LogP contribution < -0.4 is 0 Å². The second-order valence-electron chi connectivity index (χ2n) is 2.27. The molecule has 2 nitrogen and oxygen atoms in total. The van der Waals surface area contributed by atoms with E-state index in [4.69, 9.17) is 5.11 Å². The van der Waals surface area contributed by atoms with Crippen LogP contribution in [-0.4, -0.2) is 17.0 Å². The molecule has 0 aliphatic heterocycles. The highest BCUT2D eigenvalue weighted by Gasteiger charge is 2.06. The van der Waals surface area contributed by atoms with E-state index in [1.165, 1.54) is 6.92 Å². The van der Waals surface area contributed by atoms with Crippen LogP contribution in [0.3, 0.4) is 0 Å². The van der Waals surface area contributed by atoms with Crippen LogP contribution in [0.5, 0.6) is 0 Å². The van der Waals surface area contributed by atoms with Crippen molar-refractivity contribution >= 4 is 5.78 Å². The summed E-state index contributed by atoms with van der Waals surface area (Å²) in [6, 6.07) is 0. The van der Waals surface area contributed by atoms with Crippen molar-refractivity contribution in [3.63, 3.8) is 0 Å². The SMILES string of the molecule is CCCC[C@@H](O)C(C)=O. The smallest absolute Gasteiger partial charge is 0.158 e. The molecule has 0 bridgehead atoms. The molecule has 0 aromatic carbocycles. The van der Waals surface area contributed by atoms with Crippen LogP contribution >= 0.6 is 0 Å². The number of rotatable bonds is 4.